The molecule has 0 radical (unpaired) electrons. The maximum Gasteiger partial charge on any atom is 0.0713 e. The van der Waals surface area contributed by atoms with Gasteiger partial charge in [-0.3, -0.25) is 0 Å². The fourth-order valence-electron chi connectivity index (χ4n) is 0.222. The van der Waals surface area contributed by atoms with Crippen LogP contribution in [0.1, 0.15) is 6.92 Å². The molecule has 0 aliphatic heterocycles. The maximum atomic E-state index is 5.09. The Labute approximate surface area is 37.8 Å². The maximum absolute atomic E-state index is 5.09. The van der Waals surface area contributed by atoms with Crippen LogP contribution in [0.5, 0.6) is 0 Å². The van der Waals surface area contributed by atoms with E-state index in [-0.39, 0.29) is 6.17 Å². The molecule has 0 bridgehead atoms. The van der Waals surface area contributed by atoms with Crippen LogP contribution in [0.3, 0.4) is 0 Å². The molecule has 0 aromatic heterocycles. The largest absolute Gasteiger partial charge is 0.313 e. The fraction of sp³-hybridized carbons (Fsp3) is 0.500. The zero-order valence-corrected chi connectivity index (χ0v) is 3.89. The molecule has 0 saturated carbocycles. The highest BCUT2D eigenvalue weighted by Gasteiger charge is 1.75. The Kier molecular flexibility index (Phi) is 2.71. The molecule has 36 valence electrons. The third-order valence-electron chi connectivity index (χ3n) is 0.415. The Morgan fingerprint density at radius 2 is 2.00 bits per heavy atom. The van der Waals surface area contributed by atoms with Crippen molar-refractivity contribution in [1.82, 2.24) is 0 Å². The van der Waals surface area contributed by atoms with Gasteiger partial charge in [-0.15, -0.1) is 0 Å². The van der Waals surface area contributed by atoms with Crippen LogP contribution in [0.2, 0.25) is 0 Å². The summed E-state index contributed by atoms with van der Waals surface area (Å²) in [6.07, 6.45) is 3.26. The van der Waals surface area contributed by atoms with Gasteiger partial charge in [-0.25, -0.2) is 0 Å². The highest BCUT2D eigenvalue weighted by Crippen LogP contribution is 1.66. The molecule has 0 fully saturated rings. The molecule has 4 N–H and O–H groups in total. The first kappa shape index (κ1) is 5.66. The summed E-state index contributed by atoms with van der Waals surface area (Å²) in [6, 6.07) is 0. The lowest BCUT2D eigenvalue weighted by atomic mass is 10.5. The Morgan fingerprint density at radius 1 is 1.50 bits per heavy atom. The molecule has 0 atom stereocenters. The van der Waals surface area contributed by atoms with E-state index < -0.39 is 0 Å². The molecule has 0 aliphatic carbocycles. The molecule has 2 heteroatoms. The molecule has 0 rings (SSSR count). The summed E-state index contributed by atoms with van der Waals surface area (Å²) < 4.78 is 0. The van der Waals surface area contributed by atoms with Crippen molar-refractivity contribution in [1.29, 1.82) is 0 Å². The van der Waals surface area contributed by atoms with E-state index in [1.807, 2.05) is 13.0 Å². The van der Waals surface area contributed by atoms with Gasteiger partial charge in [0.15, 0.2) is 0 Å². The topological polar surface area (TPSA) is 52.0 Å². The predicted molar refractivity (Wildman–Crippen MR) is 27.0 cm³/mol. The molecule has 0 aromatic carbocycles. The van der Waals surface area contributed by atoms with Gasteiger partial charge in [-0.05, 0) is 6.92 Å². The molecule has 0 spiro atoms. The van der Waals surface area contributed by atoms with E-state index in [0.29, 0.717) is 0 Å². The van der Waals surface area contributed by atoms with Crippen molar-refractivity contribution in [2.45, 2.75) is 13.1 Å². The molecular weight excluding hydrogens is 76.1 g/mol. The number of nitrogens with two attached hydrogens (primary N) is 2. The van der Waals surface area contributed by atoms with Gasteiger partial charge in [0.1, 0.15) is 0 Å². The molecule has 6 heavy (non-hydrogen) atoms. The average molecular weight is 86.1 g/mol. The molecule has 0 aliphatic rings. The van der Waals surface area contributed by atoms with Crippen molar-refractivity contribution >= 4 is 0 Å². The Hall–Kier alpha value is -0.340. The zero-order chi connectivity index (χ0) is 4.99. The van der Waals surface area contributed by atoms with E-state index >= 15 is 0 Å². The zero-order valence-electron chi connectivity index (χ0n) is 3.89. The van der Waals surface area contributed by atoms with Gasteiger partial charge >= 0.3 is 0 Å². The lowest BCUT2D eigenvalue weighted by molar-refractivity contribution is 0.874. The van der Waals surface area contributed by atoms with Crippen LogP contribution in [0.25, 0.3) is 0 Å². The third-order valence-corrected chi connectivity index (χ3v) is 0.415. The second-order valence-electron chi connectivity index (χ2n) is 1.10. The number of hydrogen-bond donors (Lipinski definition) is 2. The average Bonchev–Trinajstić information content (AvgIpc) is 1.35. The van der Waals surface area contributed by atoms with Gasteiger partial charge in [-0.2, -0.15) is 0 Å². The summed E-state index contributed by atoms with van der Waals surface area (Å²) in [7, 11) is 0. The van der Waals surface area contributed by atoms with Crippen LogP contribution in [-0.4, -0.2) is 6.17 Å². The lowest BCUT2D eigenvalue weighted by Gasteiger charge is -1.89. The second-order valence-corrected chi connectivity index (χ2v) is 1.10. The Bertz CT molecular complexity index is 47.5. The minimum atomic E-state index is -0.282. The highest BCUT2D eigenvalue weighted by atomic mass is 14.8. The van der Waals surface area contributed by atoms with E-state index in [4.69, 9.17) is 11.5 Å². The van der Waals surface area contributed by atoms with Gasteiger partial charge in [0, 0.05) is 0 Å². The van der Waals surface area contributed by atoms with Gasteiger partial charge in [-0.1, -0.05) is 12.2 Å². The summed E-state index contributed by atoms with van der Waals surface area (Å²) in [5, 5.41) is 0. The summed E-state index contributed by atoms with van der Waals surface area (Å²) >= 11 is 0. The molecule has 0 saturated heterocycles. The lowest BCUT2D eigenvalue weighted by Crippen LogP contribution is -2.27. The van der Waals surface area contributed by atoms with Crippen LogP contribution in [0, 0.1) is 0 Å². The molecule has 0 heterocycles. The van der Waals surface area contributed by atoms with Crippen molar-refractivity contribution in [3.63, 3.8) is 0 Å². The van der Waals surface area contributed by atoms with E-state index in [1.165, 1.54) is 0 Å². The molecule has 0 unspecified atom stereocenters. The Balaban J connectivity index is 3.03. The van der Waals surface area contributed by atoms with Crippen molar-refractivity contribution < 1.29 is 0 Å². The smallest absolute Gasteiger partial charge is 0.0713 e. The van der Waals surface area contributed by atoms with E-state index in [1.54, 1.807) is 6.08 Å². The summed E-state index contributed by atoms with van der Waals surface area (Å²) in [5.74, 6) is 0. The SMILES string of the molecule is C/C=C\C(N)N. The molecular formula is C4H10N2. The monoisotopic (exact) mass is 86.1 g/mol. The van der Waals surface area contributed by atoms with E-state index in [9.17, 15) is 0 Å². The van der Waals surface area contributed by atoms with Gasteiger partial charge < -0.3 is 11.5 Å². The van der Waals surface area contributed by atoms with Crippen LogP contribution in [0.15, 0.2) is 12.2 Å². The van der Waals surface area contributed by atoms with E-state index in [0.717, 1.165) is 0 Å². The van der Waals surface area contributed by atoms with Crippen LogP contribution >= 0.6 is 0 Å². The predicted octanol–water partition coefficient (Wildman–Crippen LogP) is -0.194. The first-order valence-corrected chi connectivity index (χ1v) is 1.91. The molecule has 0 aromatic rings. The minimum Gasteiger partial charge on any atom is -0.313 e. The van der Waals surface area contributed by atoms with Crippen LogP contribution in [-0.2, 0) is 0 Å². The van der Waals surface area contributed by atoms with Gasteiger partial charge in [0.25, 0.3) is 0 Å². The molecule has 0 amide bonds. The van der Waals surface area contributed by atoms with Crippen LogP contribution in [0.4, 0.5) is 0 Å². The van der Waals surface area contributed by atoms with Crippen molar-refractivity contribution in [3.05, 3.63) is 12.2 Å². The van der Waals surface area contributed by atoms with Crippen molar-refractivity contribution in [2.75, 3.05) is 0 Å². The summed E-state index contributed by atoms with van der Waals surface area (Å²) in [4.78, 5) is 0. The number of hydrogen-bond acceptors (Lipinski definition) is 2. The first-order chi connectivity index (χ1) is 2.77. The number of allylic oxidation sites excluding steroid dienone is 1. The fourth-order valence-corrected chi connectivity index (χ4v) is 0.222. The van der Waals surface area contributed by atoms with E-state index in [2.05, 4.69) is 0 Å². The van der Waals surface area contributed by atoms with Crippen molar-refractivity contribution in [3.8, 4) is 0 Å². The van der Waals surface area contributed by atoms with Crippen molar-refractivity contribution in [2.24, 2.45) is 11.5 Å². The van der Waals surface area contributed by atoms with Gasteiger partial charge in [0.05, 0.1) is 6.17 Å². The minimum absolute atomic E-state index is 0.282. The summed E-state index contributed by atoms with van der Waals surface area (Å²) in [5.41, 5.74) is 10.2. The normalized spacial score (nSPS) is 11.3. The standard InChI is InChI=1S/C4H10N2/c1-2-3-4(5)6/h2-4H,5-6H2,1H3/b3-2-. The van der Waals surface area contributed by atoms with Crippen LogP contribution < -0.4 is 11.5 Å². The molecule has 2 nitrogen and oxygen atoms in total. The summed E-state index contributed by atoms with van der Waals surface area (Å²) in [6.45, 7) is 1.88. The quantitative estimate of drug-likeness (QED) is 0.343. The second kappa shape index (κ2) is 2.87. The highest BCUT2D eigenvalue weighted by molar-refractivity contribution is 4.83. The number of rotatable bonds is 1. The van der Waals surface area contributed by atoms with Gasteiger partial charge in [0.2, 0.25) is 0 Å². The first-order valence-electron chi connectivity index (χ1n) is 1.91. The Morgan fingerprint density at radius 3 is 2.00 bits per heavy atom. The third kappa shape index (κ3) is 3.66.